The van der Waals surface area contributed by atoms with Gasteiger partial charge in [-0.15, -0.1) is 0 Å². The Morgan fingerprint density at radius 1 is 1.14 bits per heavy atom. The molecule has 1 aromatic rings. The number of rotatable bonds is 4. The normalized spacial score (nSPS) is 21.2. The largest absolute Gasteiger partial charge is 0.497 e. The number of hydrogen-bond donors (Lipinski definition) is 0. The molecule has 1 atom stereocenters. The van der Waals surface area contributed by atoms with Gasteiger partial charge in [-0.25, -0.2) is 0 Å². The van der Waals surface area contributed by atoms with Gasteiger partial charge in [-0.1, -0.05) is 25.0 Å². The zero-order valence-electron chi connectivity index (χ0n) is 12.9. The molecule has 6 heteroatoms. The molecule has 1 heterocycles. The predicted molar refractivity (Wildman–Crippen MR) is 83.5 cm³/mol. The molecule has 0 aromatic heterocycles. The van der Waals surface area contributed by atoms with Crippen LogP contribution in [0.5, 0.6) is 5.75 Å². The lowest BCUT2D eigenvalue weighted by atomic mass is 10.0. The lowest BCUT2D eigenvalue weighted by Gasteiger charge is -2.31. The average Bonchev–Trinajstić information content (AvgIpc) is 2.73. The van der Waals surface area contributed by atoms with Crippen molar-refractivity contribution < 1.29 is 13.2 Å². The van der Waals surface area contributed by atoms with Crippen LogP contribution in [0.25, 0.3) is 0 Å². The molecule has 0 radical (unpaired) electrons. The fourth-order valence-corrected chi connectivity index (χ4v) is 4.05. The summed E-state index contributed by atoms with van der Waals surface area (Å²) in [5.41, 5.74) is 1.03. The third kappa shape index (κ3) is 3.56. The standard InChI is InChI=1S/C15H24N2O3S/c1-16(2)21(18,19)17-12-6-4-5-7-15(17)13-8-10-14(20-3)11-9-13/h8-11,15H,4-7,12H2,1-3H3/t15-/m0/s1. The van der Waals surface area contributed by atoms with Crippen molar-refractivity contribution in [2.45, 2.75) is 31.7 Å². The molecule has 0 aliphatic carbocycles. The van der Waals surface area contributed by atoms with Gasteiger partial charge < -0.3 is 4.74 Å². The quantitative estimate of drug-likeness (QED) is 0.858. The molecular formula is C15H24N2O3S. The van der Waals surface area contributed by atoms with Crippen molar-refractivity contribution in [3.05, 3.63) is 29.8 Å². The van der Waals surface area contributed by atoms with Crippen LogP contribution in [0.1, 0.15) is 37.3 Å². The first-order valence-electron chi connectivity index (χ1n) is 7.30. The van der Waals surface area contributed by atoms with Gasteiger partial charge in [-0.3, -0.25) is 0 Å². The molecule has 0 saturated carbocycles. The number of hydrogen-bond acceptors (Lipinski definition) is 3. The van der Waals surface area contributed by atoms with Crippen molar-refractivity contribution in [1.82, 2.24) is 8.61 Å². The predicted octanol–water partition coefficient (Wildman–Crippen LogP) is 2.42. The minimum absolute atomic E-state index is 0.0918. The third-order valence-electron chi connectivity index (χ3n) is 3.96. The lowest BCUT2D eigenvalue weighted by Crippen LogP contribution is -2.42. The van der Waals surface area contributed by atoms with E-state index >= 15 is 0 Å². The van der Waals surface area contributed by atoms with Crippen LogP contribution in [-0.4, -0.2) is 44.8 Å². The van der Waals surface area contributed by atoms with E-state index in [9.17, 15) is 8.42 Å². The molecule has 0 spiro atoms. The Balaban J connectivity index is 2.35. The van der Waals surface area contributed by atoms with Crippen molar-refractivity contribution in [3.63, 3.8) is 0 Å². The molecule has 0 unspecified atom stereocenters. The molecule has 1 aliphatic rings. The second-order valence-corrected chi connectivity index (χ2v) is 7.63. The molecule has 0 N–H and O–H groups in total. The highest BCUT2D eigenvalue weighted by Gasteiger charge is 2.33. The number of benzene rings is 1. The molecule has 1 fully saturated rings. The van der Waals surface area contributed by atoms with Crippen LogP contribution < -0.4 is 4.74 Å². The van der Waals surface area contributed by atoms with Crippen LogP contribution in [0, 0.1) is 0 Å². The Hall–Kier alpha value is -1.11. The minimum Gasteiger partial charge on any atom is -0.497 e. The lowest BCUT2D eigenvalue weighted by molar-refractivity contribution is 0.306. The Bertz CT molecular complexity index is 555. The topological polar surface area (TPSA) is 49.9 Å². The van der Waals surface area contributed by atoms with Gasteiger partial charge in [-0.2, -0.15) is 17.0 Å². The van der Waals surface area contributed by atoms with E-state index in [2.05, 4.69) is 0 Å². The maximum absolute atomic E-state index is 12.6. The first kappa shape index (κ1) is 16.3. The molecule has 1 aliphatic heterocycles. The molecule has 0 bridgehead atoms. The molecule has 2 rings (SSSR count). The van der Waals surface area contributed by atoms with Gasteiger partial charge in [0, 0.05) is 20.6 Å². The van der Waals surface area contributed by atoms with Gasteiger partial charge in [0.15, 0.2) is 0 Å². The van der Waals surface area contributed by atoms with E-state index in [0.717, 1.165) is 37.0 Å². The van der Waals surface area contributed by atoms with E-state index < -0.39 is 10.2 Å². The van der Waals surface area contributed by atoms with Gasteiger partial charge in [-0.05, 0) is 30.5 Å². The second-order valence-electron chi connectivity index (χ2n) is 5.54. The van der Waals surface area contributed by atoms with Crippen LogP contribution in [0.2, 0.25) is 0 Å². The molecule has 5 nitrogen and oxygen atoms in total. The summed E-state index contributed by atoms with van der Waals surface area (Å²) in [5, 5.41) is 0. The fourth-order valence-electron chi connectivity index (χ4n) is 2.73. The van der Waals surface area contributed by atoms with Crippen molar-refractivity contribution in [1.29, 1.82) is 0 Å². The SMILES string of the molecule is COc1ccc([C@@H]2CCCCCN2S(=O)(=O)N(C)C)cc1. The molecule has 118 valence electrons. The highest BCUT2D eigenvalue weighted by atomic mass is 32.2. The highest BCUT2D eigenvalue weighted by Crippen LogP contribution is 2.33. The Labute approximate surface area is 127 Å². The highest BCUT2D eigenvalue weighted by molar-refractivity contribution is 7.86. The monoisotopic (exact) mass is 312 g/mol. The van der Waals surface area contributed by atoms with Crippen molar-refractivity contribution in [3.8, 4) is 5.75 Å². The van der Waals surface area contributed by atoms with Gasteiger partial charge in [0.2, 0.25) is 0 Å². The second kappa shape index (κ2) is 6.77. The summed E-state index contributed by atoms with van der Waals surface area (Å²) in [5.74, 6) is 0.786. The smallest absolute Gasteiger partial charge is 0.282 e. The molecule has 21 heavy (non-hydrogen) atoms. The zero-order chi connectivity index (χ0) is 15.5. The summed E-state index contributed by atoms with van der Waals surface area (Å²) < 4.78 is 33.3. The maximum atomic E-state index is 12.6. The number of methoxy groups -OCH3 is 1. The van der Waals surface area contributed by atoms with E-state index in [-0.39, 0.29) is 6.04 Å². The van der Waals surface area contributed by atoms with Crippen LogP contribution in [-0.2, 0) is 10.2 Å². The van der Waals surface area contributed by atoms with Crippen molar-refractivity contribution >= 4 is 10.2 Å². The summed E-state index contributed by atoms with van der Waals surface area (Å²) in [4.78, 5) is 0. The van der Waals surface area contributed by atoms with E-state index in [0.29, 0.717) is 6.54 Å². The van der Waals surface area contributed by atoms with Gasteiger partial charge in [0.25, 0.3) is 10.2 Å². The fraction of sp³-hybridized carbons (Fsp3) is 0.600. The summed E-state index contributed by atoms with van der Waals surface area (Å²) >= 11 is 0. The van der Waals surface area contributed by atoms with Crippen molar-refractivity contribution in [2.24, 2.45) is 0 Å². The van der Waals surface area contributed by atoms with Crippen LogP contribution in [0.15, 0.2) is 24.3 Å². The van der Waals surface area contributed by atoms with Gasteiger partial charge in [0.1, 0.15) is 5.75 Å². The zero-order valence-corrected chi connectivity index (χ0v) is 13.8. The van der Waals surface area contributed by atoms with E-state index in [4.69, 9.17) is 4.74 Å². The first-order valence-corrected chi connectivity index (χ1v) is 8.69. The first-order chi connectivity index (χ1) is 9.96. The van der Waals surface area contributed by atoms with Crippen LogP contribution >= 0.6 is 0 Å². The Morgan fingerprint density at radius 2 is 1.81 bits per heavy atom. The summed E-state index contributed by atoms with van der Waals surface area (Å²) in [6.07, 6.45) is 3.90. The third-order valence-corrected chi connectivity index (χ3v) is 5.91. The summed E-state index contributed by atoms with van der Waals surface area (Å²) in [6.45, 7) is 0.581. The number of nitrogens with zero attached hydrogens (tertiary/aromatic N) is 2. The van der Waals surface area contributed by atoms with Gasteiger partial charge in [0.05, 0.1) is 13.2 Å². The van der Waals surface area contributed by atoms with Crippen LogP contribution in [0.3, 0.4) is 0 Å². The maximum Gasteiger partial charge on any atom is 0.282 e. The Kier molecular flexibility index (Phi) is 5.24. The Morgan fingerprint density at radius 3 is 2.38 bits per heavy atom. The van der Waals surface area contributed by atoms with Crippen molar-refractivity contribution in [2.75, 3.05) is 27.7 Å². The van der Waals surface area contributed by atoms with Crippen LogP contribution in [0.4, 0.5) is 0 Å². The summed E-state index contributed by atoms with van der Waals surface area (Å²) in [7, 11) is 1.40. The van der Waals surface area contributed by atoms with Gasteiger partial charge >= 0.3 is 0 Å². The molecule has 1 saturated heterocycles. The van der Waals surface area contributed by atoms with E-state index in [1.54, 1.807) is 25.5 Å². The number of ether oxygens (including phenoxy) is 1. The van der Waals surface area contributed by atoms with E-state index in [1.807, 2.05) is 24.3 Å². The average molecular weight is 312 g/mol. The van der Waals surface area contributed by atoms with E-state index in [1.165, 1.54) is 4.31 Å². The minimum atomic E-state index is -3.40. The molecule has 1 aromatic carbocycles. The molecule has 0 amide bonds. The molecular weight excluding hydrogens is 288 g/mol. The summed E-state index contributed by atoms with van der Waals surface area (Å²) in [6, 6.07) is 7.62.